The minimum Gasteiger partial charge on any atom is -0.383 e. The minimum absolute atomic E-state index is 0.0628. The Morgan fingerprint density at radius 2 is 2.17 bits per heavy atom. The number of carbonyl (C=O) groups excluding carboxylic acids is 1. The molecule has 0 saturated heterocycles. The van der Waals surface area contributed by atoms with Gasteiger partial charge >= 0.3 is 0 Å². The van der Waals surface area contributed by atoms with E-state index in [2.05, 4.69) is 17.2 Å². The number of nitrogens with one attached hydrogen (secondary N) is 2. The maximum Gasteiger partial charge on any atom is 0.251 e. The van der Waals surface area contributed by atoms with Gasteiger partial charge in [0, 0.05) is 35.8 Å². The van der Waals surface area contributed by atoms with Crippen LogP contribution in [0.25, 0.3) is 10.9 Å². The first-order valence-electron chi connectivity index (χ1n) is 5.99. The summed E-state index contributed by atoms with van der Waals surface area (Å²) < 4.78 is 4.90. The lowest BCUT2D eigenvalue weighted by Gasteiger charge is -2.04. The van der Waals surface area contributed by atoms with E-state index in [1.54, 1.807) is 7.11 Å². The standard InChI is InChI=1S/C14H18N2O2/c1-9-10(2)16-13-5-4-11(8-12(9)13)14(17)15-6-7-18-3/h4-5,8,16H,6-7H2,1-3H3,(H,15,17). The smallest absolute Gasteiger partial charge is 0.251 e. The first kappa shape index (κ1) is 12.6. The van der Waals surface area contributed by atoms with Crippen molar-refractivity contribution in [1.29, 1.82) is 0 Å². The Balaban J connectivity index is 2.24. The van der Waals surface area contributed by atoms with Gasteiger partial charge in [0.25, 0.3) is 5.91 Å². The average molecular weight is 246 g/mol. The van der Waals surface area contributed by atoms with E-state index in [9.17, 15) is 4.79 Å². The molecule has 2 rings (SSSR count). The van der Waals surface area contributed by atoms with Crippen LogP contribution in [0.15, 0.2) is 18.2 Å². The normalized spacial score (nSPS) is 10.8. The van der Waals surface area contributed by atoms with Crippen LogP contribution in [0.1, 0.15) is 21.6 Å². The zero-order valence-electron chi connectivity index (χ0n) is 11.0. The minimum atomic E-state index is -0.0628. The lowest BCUT2D eigenvalue weighted by Crippen LogP contribution is -2.26. The summed E-state index contributed by atoms with van der Waals surface area (Å²) in [5, 5.41) is 3.92. The molecule has 4 heteroatoms. The Morgan fingerprint density at radius 3 is 2.89 bits per heavy atom. The number of hydrogen-bond acceptors (Lipinski definition) is 2. The fourth-order valence-electron chi connectivity index (χ4n) is 1.97. The van der Waals surface area contributed by atoms with E-state index in [-0.39, 0.29) is 5.91 Å². The highest BCUT2D eigenvalue weighted by atomic mass is 16.5. The molecule has 2 N–H and O–H groups in total. The topological polar surface area (TPSA) is 54.1 Å². The van der Waals surface area contributed by atoms with Gasteiger partial charge in [0.2, 0.25) is 0 Å². The van der Waals surface area contributed by atoms with E-state index in [0.29, 0.717) is 18.7 Å². The van der Waals surface area contributed by atoms with Crippen LogP contribution in [0, 0.1) is 13.8 Å². The highest BCUT2D eigenvalue weighted by molar-refractivity contribution is 5.99. The molecule has 0 aliphatic carbocycles. The molecular formula is C14H18N2O2. The fraction of sp³-hybridized carbons (Fsp3) is 0.357. The molecule has 1 aromatic carbocycles. The number of H-pyrrole nitrogens is 1. The van der Waals surface area contributed by atoms with Gasteiger partial charge in [-0.25, -0.2) is 0 Å². The summed E-state index contributed by atoms with van der Waals surface area (Å²) in [5.74, 6) is -0.0628. The summed E-state index contributed by atoms with van der Waals surface area (Å²) in [6, 6.07) is 5.71. The van der Waals surface area contributed by atoms with E-state index >= 15 is 0 Å². The third kappa shape index (κ3) is 2.38. The molecule has 2 aromatic rings. The number of carbonyl (C=O) groups is 1. The van der Waals surface area contributed by atoms with Crippen molar-refractivity contribution in [1.82, 2.24) is 10.3 Å². The van der Waals surface area contributed by atoms with E-state index in [1.807, 2.05) is 25.1 Å². The summed E-state index contributed by atoms with van der Waals surface area (Å²) in [6.07, 6.45) is 0. The number of methoxy groups -OCH3 is 1. The third-order valence-corrected chi connectivity index (χ3v) is 3.16. The van der Waals surface area contributed by atoms with Crippen LogP contribution in [0.3, 0.4) is 0 Å². The van der Waals surface area contributed by atoms with Crippen molar-refractivity contribution in [2.75, 3.05) is 20.3 Å². The van der Waals surface area contributed by atoms with Crippen LogP contribution in [-0.4, -0.2) is 31.2 Å². The van der Waals surface area contributed by atoms with Crippen LogP contribution < -0.4 is 5.32 Å². The molecule has 1 amide bonds. The summed E-state index contributed by atoms with van der Waals surface area (Å²) in [6.45, 7) is 5.14. The van der Waals surface area contributed by atoms with Gasteiger partial charge in [0.15, 0.2) is 0 Å². The monoisotopic (exact) mass is 246 g/mol. The fourth-order valence-corrected chi connectivity index (χ4v) is 1.97. The summed E-state index contributed by atoms with van der Waals surface area (Å²) >= 11 is 0. The van der Waals surface area contributed by atoms with Gasteiger partial charge in [-0.1, -0.05) is 0 Å². The maximum atomic E-state index is 11.9. The number of amides is 1. The second kappa shape index (κ2) is 5.23. The van der Waals surface area contributed by atoms with Gasteiger partial charge in [-0.05, 0) is 37.6 Å². The molecule has 1 aromatic heterocycles. The van der Waals surface area contributed by atoms with Crippen LogP contribution in [-0.2, 0) is 4.74 Å². The molecule has 0 radical (unpaired) electrons. The first-order valence-corrected chi connectivity index (χ1v) is 5.99. The van der Waals surface area contributed by atoms with Crippen LogP contribution >= 0.6 is 0 Å². The predicted octanol–water partition coefficient (Wildman–Crippen LogP) is 2.16. The summed E-state index contributed by atoms with van der Waals surface area (Å²) in [7, 11) is 1.62. The van der Waals surface area contributed by atoms with E-state index in [4.69, 9.17) is 4.74 Å². The number of aryl methyl sites for hydroxylation is 2. The number of aromatic amines is 1. The molecule has 96 valence electrons. The number of rotatable bonds is 4. The Morgan fingerprint density at radius 1 is 1.39 bits per heavy atom. The highest BCUT2D eigenvalue weighted by Gasteiger charge is 2.09. The van der Waals surface area contributed by atoms with Gasteiger partial charge in [-0.15, -0.1) is 0 Å². The van der Waals surface area contributed by atoms with Gasteiger partial charge in [-0.3, -0.25) is 4.79 Å². The molecule has 0 saturated carbocycles. The van der Waals surface area contributed by atoms with Crippen LogP contribution in [0.4, 0.5) is 0 Å². The summed E-state index contributed by atoms with van der Waals surface area (Å²) in [4.78, 5) is 15.2. The van der Waals surface area contributed by atoms with Crippen molar-refractivity contribution < 1.29 is 9.53 Å². The summed E-state index contributed by atoms with van der Waals surface area (Å²) in [5.41, 5.74) is 4.08. The van der Waals surface area contributed by atoms with Crippen molar-refractivity contribution in [3.63, 3.8) is 0 Å². The largest absolute Gasteiger partial charge is 0.383 e. The zero-order valence-corrected chi connectivity index (χ0v) is 11.0. The SMILES string of the molecule is COCCNC(=O)c1ccc2[nH]c(C)c(C)c2c1. The molecule has 0 atom stereocenters. The number of benzene rings is 1. The number of hydrogen-bond donors (Lipinski definition) is 2. The third-order valence-electron chi connectivity index (χ3n) is 3.16. The van der Waals surface area contributed by atoms with Gasteiger partial charge in [0.05, 0.1) is 6.61 Å². The number of ether oxygens (including phenoxy) is 1. The predicted molar refractivity (Wildman–Crippen MR) is 72.0 cm³/mol. The first-order chi connectivity index (χ1) is 8.63. The van der Waals surface area contributed by atoms with E-state index in [0.717, 1.165) is 16.6 Å². The Kier molecular flexibility index (Phi) is 3.67. The molecule has 1 heterocycles. The molecule has 0 aliphatic rings. The van der Waals surface area contributed by atoms with Crippen molar-refractivity contribution in [3.8, 4) is 0 Å². The van der Waals surface area contributed by atoms with Crippen molar-refractivity contribution in [3.05, 3.63) is 35.0 Å². The van der Waals surface area contributed by atoms with Crippen molar-refractivity contribution >= 4 is 16.8 Å². The Bertz CT molecular complexity index is 572. The van der Waals surface area contributed by atoms with Gasteiger partial charge in [0.1, 0.15) is 0 Å². The molecule has 0 fully saturated rings. The van der Waals surface area contributed by atoms with Crippen molar-refractivity contribution in [2.24, 2.45) is 0 Å². The molecule has 18 heavy (non-hydrogen) atoms. The number of aromatic nitrogens is 1. The maximum absolute atomic E-state index is 11.9. The lowest BCUT2D eigenvalue weighted by atomic mass is 10.1. The van der Waals surface area contributed by atoms with Gasteiger partial charge in [-0.2, -0.15) is 0 Å². The zero-order chi connectivity index (χ0) is 13.1. The molecule has 0 bridgehead atoms. The van der Waals surface area contributed by atoms with Gasteiger partial charge < -0.3 is 15.0 Å². The van der Waals surface area contributed by atoms with E-state index in [1.165, 1.54) is 5.56 Å². The lowest BCUT2D eigenvalue weighted by molar-refractivity contribution is 0.0937. The average Bonchev–Trinajstić information content (AvgIpc) is 2.65. The quantitative estimate of drug-likeness (QED) is 0.812. The number of fused-ring (bicyclic) bond motifs is 1. The van der Waals surface area contributed by atoms with Crippen molar-refractivity contribution in [2.45, 2.75) is 13.8 Å². The molecule has 0 aliphatic heterocycles. The van der Waals surface area contributed by atoms with E-state index < -0.39 is 0 Å². The molecular weight excluding hydrogens is 228 g/mol. The Labute approximate surface area is 106 Å². The second-order valence-electron chi connectivity index (χ2n) is 4.38. The molecule has 0 unspecified atom stereocenters. The Hall–Kier alpha value is -1.81. The van der Waals surface area contributed by atoms with Crippen LogP contribution in [0.5, 0.6) is 0 Å². The second-order valence-corrected chi connectivity index (χ2v) is 4.38. The highest BCUT2D eigenvalue weighted by Crippen LogP contribution is 2.22. The molecule has 4 nitrogen and oxygen atoms in total. The van der Waals surface area contributed by atoms with Crippen LogP contribution in [0.2, 0.25) is 0 Å². The molecule has 0 spiro atoms.